The Morgan fingerprint density at radius 3 is 2.70 bits per heavy atom. The average Bonchev–Trinajstić information content (AvgIpc) is 3.01. The molecule has 1 atom stereocenters. The van der Waals surface area contributed by atoms with Crippen molar-refractivity contribution < 1.29 is 4.79 Å². The molecular weight excluding hydrogens is 314 g/mol. The van der Waals surface area contributed by atoms with Crippen molar-refractivity contribution in [1.29, 1.82) is 0 Å². The minimum absolute atomic E-state index is 0. The van der Waals surface area contributed by atoms with Crippen molar-refractivity contribution in [3.8, 4) is 11.4 Å². The smallest absolute Gasteiger partial charge is 0.253 e. The molecule has 0 bridgehead atoms. The summed E-state index contributed by atoms with van der Waals surface area (Å²) >= 11 is 0. The molecule has 2 N–H and O–H groups in total. The Morgan fingerprint density at radius 1 is 1.35 bits per heavy atom. The van der Waals surface area contributed by atoms with E-state index in [1.54, 1.807) is 0 Å². The van der Waals surface area contributed by atoms with Crippen LogP contribution < -0.4 is 5.32 Å². The molecule has 0 aliphatic carbocycles. The number of rotatable bonds is 3. The van der Waals surface area contributed by atoms with Crippen molar-refractivity contribution in [2.45, 2.75) is 25.8 Å². The van der Waals surface area contributed by atoms with Crippen LogP contribution in [0.25, 0.3) is 11.4 Å². The minimum atomic E-state index is 0. The van der Waals surface area contributed by atoms with Gasteiger partial charge < -0.3 is 10.2 Å². The van der Waals surface area contributed by atoms with Crippen LogP contribution in [0.4, 0.5) is 0 Å². The summed E-state index contributed by atoms with van der Waals surface area (Å²) in [4.78, 5) is 18.8. The predicted octanol–water partition coefficient (Wildman–Crippen LogP) is 2.03. The number of carbonyl (C=O) groups excluding carboxylic acids is 1. The first-order valence-electron chi connectivity index (χ1n) is 7.63. The quantitative estimate of drug-likeness (QED) is 0.900. The number of likely N-dealkylation sites (N-methyl/N-ethyl adjacent to an activating group) is 1. The molecule has 2 aromatic rings. The van der Waals surface area contributed by atoms with Crippen molar-refractivity contribution in [2.24, 2.45) is 0 Å². The third-order valence-corrected chi connectivity index (χ3v) is 4.10. The van der Waals surface area contributed by atoms with Crippen LogP contribution in [0.5, 0.6) is 0 Å². The summed E-state index contributed by atoms with van der Waals surface area (Å²) in [7, 11) is 1.95. The lowest BCUT2D eigenvalue weighted by molar-refractivity contribution is 0.0698. The molecule has 0 spiro atoms. The summed E-state index contributed by atoms with van der Waals surface area (Å²) in [6.45, 7) is 3.47. The third-order valence-electron chi connectivity index (χ3n) is 4.10. The summed E-state index contributed by atoms with van der Waals surface area (Å²) in [6, 6.07) is 7.90. The van der Waals surface area contributed by atoms with E-state index in [1.165, 1.54) is 0 Å². The standard InChI is InChI=1S/C16H21N5O.ClH/c1-11-18-15(20-19-11)12-5-7-13(8-6-12)16(22)21-9-3-4-14(10-21)17-2;/h5-8,14,17H,3-4,9-10H2,1-2H3,(H,18,19,20);1H. The molecule has 6 nitrogen and oxygen atoms in total. The molecule has 0 radical (unpaired) electrons. The highest BCUT2D eigenvalue weighted by Crippen LogP contribution is 2.18. The molecular formula is C16H22ClN5O. The van der Waals surface area contributed by atoms with E-state index in [-0.39, 0.29) is 18.3 Å². The maximum atomic E-state index is 12.6. The van der Waals surface area contributed by atoms with E-state index >= 15 is 0 Å². The van der Waals surface area contributed by atoms with Gasteiger partial charge in [0.2, 0.25) is 0 Å². The molecule has 1 aliphatic rings. The lowest BCUT2D eigenvalue weighted by Crippen LogP contribution is -2.46. The first-order chi connectivity index (χ1) is 10.7. The van der Waals surface area contributed by atoms with Gasteiger partial charge in [0.15, 0.2) is 5.82 Å². The zero-order valence-electron chi connectivity index (χ0n) is 13.4. The topological polar surface area (TPSA) is 73.9 Å². The van der Waals surface area contributed by atoms with Crippen LogP contribution in [-0.2, 0) is 0 Å². The van der Waals surface area contributed by atoms with Crippen molar-refractivity contribution >= 4 is 18.3 Å². The molecule has 1 aromatic heterocycles. The fraction of sp³-hybridized carbons (Fsp3) is 0.438. The number of carbonyl (C=O) groups is 1. The molecule has 1 saturated heterocycles. The van der Waals surface area contributed by atoms with Gasteiger partial charge in [0.1, 0.15) is 5.82 Å². The fourth-order valence-corrected chi connectivity index (χ4v) is 2.81. The zero-order chi connectivity index (χ0) is 15.5. The lowest BCUT2D eigenvalue weighted by Gasteiger charge is -2.32. The van der Waals surface area contributed by atoms with Crippen LogP contribution in [0.1, 0.15) is 29.0 Å². The van der Waals surface area contributed by atoms with Crippen LogP contribution in [0, 0.1) is 6.92 Å². The molecule has 7 heteroatoms. The fourth-order valence-electron chi connectivity index (χ4n) is 2.81. The van der Waals surface area contributed by atoms with Crippen molar-refractivity contribution in [2.75, 3.05) is 20.1 Å². The van der Waals surface area contributed by atoms with Gasteiger partial charge in [-0.1, -0.05) is 12.1 Å². The summed E-state index contributed by atoms with van der Waals surface area (Å²) in [5.41, 5.74) is 1.63. The highest BCUT2D eigenvalue weighted by atomic mass is 35.5. The maximum absolute atomic E-state index is 12.6. The molecule has 23 heavy (non-hydrogen) atoms. The number of piperidine rings is 1. The number of nitrogens with one attached hydrogen (secondary N) is 2. The average molecular weight is 336 g/mol. The molecule has 1 aliphatic heterocycles. The van der Waals surface area contributed by atoms with E-state index in [1.807, 2.05) is 43.1 Å². The molecule has 3 rings (SSSR count). The van der Waals surface area contributed by atoms with Gasteiger partial charge >= 0.3 is 0 Å². The van der Waals surface area contributed by atoms with E-state index in [0.29, 0.717) is 17.4 Å². The van der Waals surface area contributed by atoms with Crippen molar-refractivity contribution in [1.82, 2.24) is 25.4 Å². The number of hydrogen-bond acceptors (Lipinski definition) is 4. The van der Waals surface area contributed by atoms with Crippen molar-refractivity contribution in [3.63, 3.8) is 0 Å². The first-order valence-corrected chi connectivity index (χ1v) is 7.63. The maximum Gasteiger partial charge on any atom is 0.253 e. The van der Waals surface area contributed by atoms with Crippen LogP contribution in [-0.4, -0.2) is 52.2 Å². The van der Waals surface area contributed by atoms with Gasteiger partial charge in [0.25, 0.3) is 5.91 Å². The Bertz CT molecular complexity index is 655. The number of benzene rings is 1. The predicted molar refractivity (Wildman–Crippen MR) is 91.8 cm³/mol. The van der Waals surface area contributed by atoms with Crippen LogP contribution in [0.15, 0.2) is 24.3 Å². The highest BCUT2D eigenvalue weighted by Gasteiger charge is 2.23. The monoisotopic (exact) mass is 335 g/mol. The molecule has 1 amide bonds. The van der Waals surface area contributed by atoms with Gasteiger partial charge in [0, 0.05) is 30.3 Å². The van der Waals surface area contributed by atoms with E-state index in [4.69, 9.17) is 0 Å². The number of amides is 1. The number of H-pyrrole nitrogens is 1. The number of aromatic amines is 1. The van der Waals surface area contributed by atoms with E-state index in [0.717, 1.165) is 37.3 Å². The summed E-state index contributed by atoms with van der Waals surface area (Å²) in [5.74, 6) is 1.53. The van der Waals surface area contributed by atoms with E-state index in [2.05, 4.69) is 20.5 Å². The minimum Gasteiger partial charge on any atom is -0.337 e. The summed E-state index contributed by atoms with van der Waals surface area (Å²) in [5, 5.41) is 10.2. The second-order valence-electron chi connectivity index (χ2n) is 5.70. The van der Waals surface area contributed by atoms with Crippen LogP contribution in [0.2, 0.25) is 0 Å². The van der Waals surface area contributed by atoms with Gasteiger partial charge in [-0.15, -0.1) is 12.4 Å². The Labute approximate surface area is 142 Å². The summed E-state index contributed by atoms with van der Waals surface area (Å²) in [6.07, 6.45) is 2.18. The zero-order valence-corrected chi connectivity index (χ0v) is 14.2. The molecule has 124 valence electrons. The number of aryl methyl sites for hydroxylation is 1. The number of hydrogen-bond donors (Lipinski definition) is 2. The Morgan fingerprint density at radius 2 is 2.09 bits per heavy atom. The van der Waals surface area contributed by atoms with Gasteiger partial charge in [-0.05, 0) is 38.9 Å². The normalized spacial score (nSPS) is 17.7. The molecule has 0 saturated carbocycles. The van der Waals surface area contributed by atoms with Crippen LogP contribution >= 0.6 is 12.4 Å². The molecule has 1 aromatic carbocycles. The Balaban J connectivity index is 0.00000192. The van der Waals surface area contributed by atoms with Crippen molar-refractivity contribution in [3.05, 3.63) is 35.7 Å². The van der Waals surface area contributed by atoms with Gasteiger partial charge in [-0.25, -0.2) is 4.98 Å². The summed E-state index contributed by atoms with van der Waals surface area (Å²) < 4.78 is 0. The van der Waals surface area contributed by atoms with Gasteiger partial charge in [0.05, 0.1) is 0 Å². The van der Waals surface area contributed by atoms with Gasteiger partial charge in [-0.3, -0.25) is 9.89 Å². The highest BCUT2D eigenvalue weighted by molar-refractivity contribution is 5.94. The first kappa shape index (κ1) is 17.4. The number of likely N-dealkylation sites (tertiary alicyclic amines) is 1. The number of nitrogens with zero attached hydrogens (tertiary/aromatic N) is 3. The second kappa shape index (κ2) is 7.57. The van der Waals surface area contributed by atoms with E-state index < -0.39 is 0 Å². The number of halogens is 1. The largest absolute Gasteiger partial charge is 0.337 e. The lowest BCUT2D eigenvalue weighted by atomic mass is 10.0. The molecule has 1 fully saturated rings. The SMILES string of the molecule is CNC1CCCN(C(=O)c2ccc(-c3n[nH]c(C)n3)cc2)C1.Cl. The van der Waals surface area contributed by atoms with Crippen LogP contribution in [0.3, 0.4) is 0 Å². The van der Waals surface area contributed by atoms with Gasteiger partial charge in [-0.2, -0.15) is 5.10 Å². The Kier molecular flexibility index (Phi) is 5.74. The number of aromatic nitrogens is 3. The Hall–Kier alpha value is -1.92. The van der Waals surface area contributed by atoms with E-state index in [9.17, 15) is 4.79 Å². The molecule has 2 heterocycles. The third kappa shape index (κ3) is 3.89. The second-order valence-corrected chi connectivity index (χ2v) is 5.70. The molecule has 1 unspecified atom stereocenters.